The standard InChI is InChI=1S/C16H26ClN5O/c1-13(22-11-14(17)10-18-22)15(23)21-9-8-20(3)16(12-21)4-6-19(2)7-5-16/h10-11,13H,4-9,12H2,1-3H3. The smallest absolute Gasteiger partial charge is 0.247 e. The average molecular weight is 340 g/mol. The fraction of sp³-hybridized carbons (Fsp3) is 0.750. The SMILES string of the molecule is CC(C(=O)N1CCN(C)C2(CCN(C)CC2)C1)n1cc(Cl)cn1. The number of carbonyl (C=O) groups is 1. The van der Waals surface area contributed by atoms with Crippen molar-refractivity contribution in [1.29, 1.82) is 0 Å². The van der Waals surface area contributed by atoms with Gasteiger partial charge in [0, 0.05) is 31.4 Å². The van der Waals surface area contributed by atoms with Gasteiger partial charge >= 0.3 is 0 Å². The zero-order chi connectivity index (χ0) is 16.6. The molecule has 1 unspecified atom stereocenters. The van der Waals surface area contributed by atoms with Crippen LogP contribution >= 0.6 is 11.6 Å². The van der Waals surface area contributed by atoms with Crippen molar-refractivity contribution < 1.29 is 4.79 Å². The Balaban J connectivity index is 1.72. The van der Waals surface area contributed by atoms with Crippen LogP contribution in [0.3, 0.4) is 0 Å². The fourth-order valence-electron chi connectivity index (χ4n) is 3.73. The van der Waals surface area contributed by atoms with E-state index in [1.54, 1.807) is 17.1 Å². The van der Waals surface area contributed by atoms with Crippen molar-refractivity contribution in [3.05, 3.63) is 17.4 Å². The van der Waals surface area contributed by atoms with E-state index in [2.05, 4.69) is 29.0 Å². The fourth-order valence-corrected chi connectivity index (χ4v) is 3.87. The molecule has 3 heterocycles. The van der Waals surface area contributed by atoms with Gasteiger partial charge in [-0.25, -0.2) is 0 Å². The molecule has 1 aromatic rings. The molecule has 2 aliphatic rings. The number of aromatic nitrogens is 2. The van der Waals surface area contributed by atoms with Crippen LogP contribution in [-0.2, 0) is 4.79 Å². The Morgan fingerprint density at radius 1 is 1.26 bits per heavy atom. The van der Waals surface area contributed by atoms with Crippen LogP contribution in [0.1, 0.15) is 25.8 Å². The van der Waals surface area contributed by atoms with Gasteiger partial charge in [-0.1, -0.05) is 11.6 Å². The molecule has 1 aromatic heterocycles. The van der Waals surface area contributed by atoms with Gasteiger partial charge in [0.05, 0.1) is 11.2 Å². The summed E-state index contributed by atoms with van der Waals surface area (Å²) < 4.78 is 1.66. The topological polar surface area (TPSA) is 44.6 Å². The van der Waals surface area contributed by atoms with E-state index in [-0.39, 0.29) is 17.5 Å². The molecule has 2 aliphatic heterocycles. The summed E-state index contributed by atoms with van der Waals surface area (Å²) in [4.78, 5) is 19.7. The predicted octanol–water partition coefficient (Wildman–Crippen LogP) is 1.34. The minimum atomic E-state index is -0.311. The van der Waals surface area contributed by atoms with Crippen LogP contribution < -0.4 is 0 Å². The molecule has 0 N–H and O–H groups in total. The monoisotopic (exact) mass is 339 g/mol. The van der Waals surface area contributed by atoms with E-state index in [4.69, 9.17) is 11.6 Å². The van der Waals surface area contributed by atoms with Crippen LogP contribution in [0.25, 0.3) is 0 Å². The first kappa shape index (κ1) is 16.7. The second kappa shape index (κ2) is 6.42. The van der Waals surface area contributed by atoms with Crippen LogP contribution in [0, 0.1) is 0 Å². The quantitative estimate of drug-likeness (QED) is 0.815. The Morgan fingerprint density at radius 2 is 1.96 bits per heavy atom. The molecule has 0 aromatic carbocycles. The van der Waals surface area contributed by atoms with Gasteiger partial charge in [0.2, 0.25) is 5.91 Å². The Morgan fingerprint density at radius 3 is 2.57 bits per heavy atom. The van der Waals surface area contributed by atoms with Crippen molar-refractivity contribution in [3.63, 3.8) is 0 Å². The molecule has 2 fully saturated rings. The molecular weight excluding hydrogens is 314 g/mol. The molecule has 0 saturated carbocycles. The maximum Gasteiger partial charge on any atom is 0.247 e. The Bertz CT molecular complexity index is 567. The third-order valence-corrected chi connectivity index (χ3v) is 5.75. The summed E-state index contributed by atoms with van der Waals surface area (Å²) in [6.45, 7) is 6.61. The molecule has 128 valence electrons. The number of halogens is 1. The minimum Gasteiger partial charge on any atom is -0.338 e. The molecule has 6 nitrogen and oxygen atoms in total. The summed E-state index contributed by atoms with van der Waals surface area (Å²) in [6, 6.07) is -0.311. The van der Waals surface area contributed by atoms with Gasteiger partial charge in [0.1, 0.15) is 6.04 Å². The molecule has 1 spiro atoms. The Labute approximate surface area is 143 Å². The number of likely N-dealkylation sites (tertiary alicyclic amines) is 1. The number of hydrogen-bond donors (Lipinski definition) is 0. The average Bonchev–Trinajstić information content (AvgIpc) is 2.98. The van der Waals surface area contributed by atoms with E-state index < -0.39 is 0 Å². The van der Waals surface area contributed by atoms with Crippen LogP contribution in [0.5, 0.6) is 0 Å². The van der Waals surface area contributed by atoms with Gasteiger partial charge in [-0.3, -0.25) is 14.4 Å². The maximum atomic E-state index is 12.9. The van der Waals surface area contributed by atoms with Gasteiger partial charge in [-0.2, -0.15) is 5.10 Å². The van der Waals surface area contributed by atoms with Crippen molar-refractivity contribution in [2.75, 3.05) is 46.8 Å². The van der Waals surface area contributed by atoms with E-state index in [0.717, 1.165) is 45.6 Å². The lowest BCUT2D eigenvalue weighted by atomic mass is 9.83. The predicted molar refractivity (Wildman–Crippen MR) is 90.6 cm³/mol. The van der Waals surface area contributed by atoms with Crippen LogP contribution in [0.15, 0.2) is 12.4 Å². The summed E-state index contributed by atoms with van der Waals surface area (Å²) in [5, 5.41) is 4.75. The lowest BCUT2D eigenvalue weighted by Crippen LogP contribution is -2.65. The number of piperidine rings is 1. The minimum absolute atomic E-state index is 0.127. The summed E-state index contributed by atoms with van der Waals surface area (Å²) in [7, 11) is 4.37. The van der Waals surface area contributed by atoms with Crippen LogP contribution in [0.4, 0.5) is 0 Å². The number of likely N-dealkylation sites (N-methyl/N-ethyl adjacent to an activating group) is 1. The van der Waals surface area contributed by atoms with Crippen molar-refractivity contribution in [1.82, 2.24) is 24.5 Å². The largest absolute Gasteiger partial charge is 0.338 e. The van der Waals surface area contributed by atoms with Gasteiger partial charge in [-0.15, -0.1) is 0 Å². The zero-order valence-electron chi connectivity index (χ0n) is 14.2. The summed E-state index contributed by atoms with van der Waals surface area (Å²) in [6.07, 6.45) is 5.52. The summed E-state index contributed by atoms with van der Waals surface area (Å²) in [5.41, 5.74) is 0.127. The maximum absolute atomic E-state index is 12.9. The lowest BCUT2D eigenvalue weighted by molar-refractivity contribution is -0.141. The first-order chi connectivity index (χ1) is 10.9. The molecule has 7 heteroatoms. The second-order valence-electron chi connectivity index (χ2n) is 7.02. The number of carbonyl (C=O) groups excluding carboxylic acids is 1. The number of rotatable bonds is 2. The summed E-state index contributed by atoms with van der Waals surface area (Å²) in [5.74, 6) is 0.135. The first-order valence-corrected chi connectivity index (χ1v) is 8.67. The van der Waals surface area contributed by atoms with Crippen LogP contribution in [-0.4, -0.2) is 82.7 Å². The normalized spacial score (nSPS) is 24.1. The summed E-state index contributed by atoms with van der Waals surface area (Å²) >= 11 is 5.92. The highest BCUT2D eigenvalue weighted by Gasteiger charge is 2.43. The van der Waals surface area contributed by atoms with Crippen LogP contribution in [0.2, 0.25) is 5.02 Å². The molecule has 0 aliphatic carbocycles. The highest BCUT2D eigenvalue weighted by Crippen LogP contribution is 2.32. The number of amides is 1. The van der Waals surface area contributed by atoms with Crippen molar-refractivity contribution in [2.24, 2.45) is 0 Å². The third-order valence-electron chi connectivity index (χ3n) is 5.55. The van der Waals surface area contributed by atoms with E-state index in [1.165, 1.54) is 0 Å². The van der Waals surface area contributed by atoms with Crippen molar-refractivity contribution in [2.45, 2.75) is 31.3 Å². The van der Waals surface area contributed by atoms with E-state index >= 15 is 0 Å². The van der Waals surface area contributed by atoms with Gasteiger partial charge in [0.25, 0.3) is 0 Å². The van der Waals surface area contributed by atoms with E-state index in [0.29, 0.717) is 5.02 Å². The molecule has 0 radical (unpaired) electrons. The molecule has 1 atom stereocenters. The number of piperazine rings is 1. The lowest BCUT2D eigenvalue weighted by Gasteiger charge is -2.53. The highest BCUT2D eigenvalue weighted by molar-refractivity contribution is 6.30. The molecule has 0 bridgehead atoms. The van der Waals surface area contributed by atoms with E-state index in [9.17, 15) is 4.79 Å². The second-order valence-corrected chi connectivity index (χ2v) is 7.46. The molecule has 3 rings (SSSR count). The zero-order valence-corrected chi connectivity index (χ0v) is 15.0. The van der Waals surface area contributed by atoms with Crippen molar-refractivity contribution in [3.8, 4) is 0 Å². The van der Waals surface area contributed by atoms with Gasteiger partial charge < -0.3 is 9.80 Å². The first-order valence-electron chi connectivity index (χ1n) is 8.29. The molecule has 23 heavy (non-hydrogen) atoms. The van der Waals surface area contributed by atoms with Crippen molar-refractivity contribution >= 4 is 17.5 Å². The van der Waals surface area contributed by atoms with Gasteiger partial charge in [0.15, 0.2) is 0 Å². The van der Waals surface area contributed by atoms with Gasteiger partial charge in [-0.05, 0) is 47.0 Å². The Kier molecular flexibility index (Phi) is 4.67. The third kappa shape index (κ3) is 3.25. The molecule has 1 amide bonds. The Hall–Kier alpha value is -1.11. The number of nitrogens with zero attached hydrogens (tertiary/aromatic N) is 5. The number of hydrogen-bond acceptors (Lipinski definition) is 4. The van der Waals surface area contributed by atoms with E-state index in [1.807, 2.05) is 11.8 Å². The molecular formula is C16H26ClN5O. The highest BCUT2D eigenvalue weighted by atomic mass is 35.5. The molecule has 2 saturated heterocycles.